The van der Waals surface area contributed by atoms with Crippen molar-refractivity contribution < 1.29 is 13.2 Å². The number of anilines is 6. The first-order chi connectivity index (χ1) is 38.4. The van der Waals surface area contributed by atoms with Gasteiger partial charge in [0.15, 0.2) is 0 Å². The first kappa shape index (κ1) is 50.7. The van der Waals surface area contributed by atoms with Crippen LogP contribution in [0.1, 0.15) is 97.2 Å². The molecule has 0 saturated heterocycles. The van der Waals surface area contributed by atoms with Crippen LogP contribution in [-0.2, 0) is 16.2 Å². The van der Waals surface area contributed by atoms with Crippen molar-refractivity contribution in [2.24, 2.45) is 0 Å². The zero-order valence-electron chi connectivity index (χ0n) is 47.2. The normalized spacial score (nSPS) is 13.1. The third-order valence-electron chi connectivity index (χ3n) is 16.6. The van der Waals surface area contributed by atoms with Gasteiger partial charge in [0.2, 0.25) is 0 Å². The van der Waals surface area contributed by atoms with Gasteiger partial charge in [0.25, 0.3) is 0 Å². The smallest absolute Gasteiger partial charge is 0.145 e. The van der Waals surface area contributed by atoms with Gasteiger partial charge in [-0.1, -0.05) is 151 Å². The Hall–Kier alpha value is -8.80. The van der Waals surface area contributed by atoms with Crippen molar-refractivity contribution in [3.05, 3.63) is 274 Å². The number of hydrogen-bond donors (Lipinski definition) is 0. The summed E-state index contributed by atoms with van der Waals surface area (Å²) in [6.07, 6.45) is 0. The largest absolute Gasteiger partial charge is 0.455 e. The SMILES string of the molecule is Cc1cc(C)cc(N(c2ccc(C(C)(C)C)cc2)c2ccc3c4c(c5ccccc5c3c2)-c2c(cc(N(c3ccc(C(C)(C)C)cc3)c3cc(C)cc(C)c3)c3c2oc2ccccc23)C4(c2ccc(F)cc2)c2ccc(F)cc2)c1. The van der Waals surface area contributed by atoms with E-state index >= 15 is 8.78 Å². The highest BCUT2D eigenvalue weighted by Crippen LogP contribution is 2.64. The maximum absolute atomic E-state index is 15.7. The fraction of sp³-hybridized carbons (Fsp3) is 0.173. The number of hydrogen-bond acceptors (Lipinski definition) is 3. The maximum Gasteiger partial charge on any atom is 0.145 e. The summed E-state index contributed by atoms with van der Waals surface area (Å²) in [4.78, 5) is 4.76. The minimum absolute atomic E-state index is 0.0189. The van der Waals surface area contributed by atoms with Crippen molar-refractivity contribution in [3.63, 3.8) is 0 Å². The lowest BCUT2D eigenvalue weighted by Crippen LogP contribution is -2.29. The molecule has 3 nitrogen and oxygen atoms in total. The number of rotatable bonds is 8. The van der Waals surface area contributed by atoms with Crippen LogP contribution < -0.4 is 9.80 Å². The highest BCUT2D eigenvalue weighted by Gasteiger charge is 2.50. The zero-order chi connectivity index (χ0) is 55.6. The molecule has 394 valence electrons. The fourth-order valence-electron chi connectivity index (χ4n) is 13.1. The molecule has 0 spiro atoms. The predicted octanol–water partition coefficient (Wildman–Crippen LogP) is 21.3. The zero-order valence-corrected chi connectivity index (χ0v) is 47.2. The Labute approximate surface area is 468 Å². The molecule has 80 heavy (non-hydrogen) atoms. The van der Waals surface area contributed by atoms with Crippen LogP contribution in [0.4, 0.5) is 42.9 Å². The van der Waals surface area contributed by atoms with Gasteiger partial charge in [0.1, 0.15) is 22.8 Å². The second-order valence-electron chi connectivity index (χ2n) is 24.4. The highest BCUT2D eigenvalue weighted by molar-refractivity contribution is 6.26. The summed E-state index contributed by atoms with van der Waals surface area (Å²) < 4.78 is 38.8. The minimum Gasteiger partial charge on any atom is -0.455 e. The molecule has 0 radical (unpaired) electrons. The van der Waals surface area contributed by atoms with Gasteiger partial charge in [0, 0.05) is 39.4 Å². The molecule has 0 amide bonds. The number of nitrogens with zero attached hydrogens (tertiary/aromatic N) is 2. The van der Waals surface area contributed by atoms with Crippen molar-refractivity contribution in [3.8, 4) is 11.1 Å². The molecule has 1 aliphatic rings. The Morgan fingerprint density at radius 3 is 1.38 bits per heavy atom. The molecular formula is C75H64F2N2O. The molecule has 0 saturated carbocycles. The third-order valence-corrected chi connectivity index (χ3v) is 16.6. The third kappa shape index (κ3) is 8.19. The Bertz CT molecular complexity index is 4340. The maximum atomic E-state index is 15.7. The van der Waals surface area contributed by atoms with Crippen LogP contribution in [0.2, 0.25) is 0 Å². The standard InChI is InChI=1S/C75H64F2N2O/c1-45-37-46(2)40-58(39-45)78(55-31-23-49(24-32-55)73(5,6)7)57-35-36-62-64(43-57)60-15-11-12-16-61(60)69-70-65(75(71(62)69,51-19-27-53(76)28-20-51)52-21-29-54(77)30-22-52)44-66(68-63-17-13-14-18-67(63)80-72(68)70)79(59-41-47(3)38-48(4)42-59)56-33-25-50(26-34-56)74(8,9)10/h11-44H,1-10H3. The van der Waals surface area contributed by atoms with E-state index in [9.17, 15) is 0 Å². The van der Waals surface area contributed by atoms with Crippen molar-refractivity contribution in [2.45, 2.75) is 85.5 Å². The molecule has 1 aliphatic carbocycles. The van der Waals surface area contributed by atoms with E-state index in [2.05, 4.69) is 231 Å². The van der Waals surface area contributed by atoms with E-state index in [1.165, 1.54) is 22.3 Å². The van der Waals surface area contributed by atoms with E-state index in [0.717, 1.165) is 122 Å². The van der Waals surface area contributed by atoms with Crippen LogP contribution in [0.3, 0.4) is 0 Å². The number of halogens is 2. The lowest BCUT2D eigenvalue weighted by Gasteiger charge is -2.36. The second kappa shape index (κ2) is 18.7. The van der Waals surface area contributed by atoms with Gasteiger partial charge in [-0.2, -0.15) is 0 Å². The molecule has 1 aromatic heterocycles. The molecule has 0 atom stereocenters. The summed E-state index contributed by atoms with van der Waals surface area (Å²) >= 11 is 0. The van der Waals surface area contributed by atoms with Crippen LogP contribution in [0.5, 0.6) is 0 Å². The first-order valence-corrected chi connectivity index (χ1v) is 27.8. The average Bonchev–Trinajstić information content (AvgIpc) is 4.16. The topological polar surface area (TPSA) is 19.6 Å². The first-order valence-electron chi connectivity index (χ1n) is 27.8. The monoisotopic (exact) mass is 1050 g/mol. The van der Waals surface area contributed by atoms with E-state index in [1.807, 2.05) is 30.3 Å². The molecule has 0 bridgehead atoms. The Morgan fingerprint density at radius 1 is 0.388 bits per heavy atom. The molecule has 0 unspecified atom stereocenters. The van der Waals surface area contributed by atoms with Crippen LogP contribution in [0, 0.1) is 39.3 Å². The number of para-hydroxylation sites is 1. The van der Waals surface area contributed by atoms with Gasteiger partial charge < -0.3 is 14.2 Å². The van der Waals surface area contributed by atoms with E-state index in [0.29, 0.717) is 0 Å². The number of benzene rings is 11. The summed E-state index contributed by atoms with van der Waals surface area (Å²) in [7, 11) is 0. The molecule has 0 aliphatic heterocycles. The molecular weight excluding hydrogens is 983 g/mol. The molecule has 13 rings (SSSR count). The number of fused-ring (bicyclic) bond motifs is 12. The minimum atomic E-state index is -1.15. The molecule has 11 aromatic carbocycles. The van der Waals surface area contributed by atoms with Crippen LogP contribution >= 0.6 is 0 Å². The molecule has 0 N–H and O–H groups in total. The Kier molecular flexibility index (Phi) is 11.8. The van der Waals surface area contributed by atoms with Crippen molar-refractivity contribution in [2.75, 3.05) is 9.80 Å². The predicted molar refractivity (Wildman–Crippen MR) is 332 cm³/mol. The molecule has 0 fully saturated rings. The second-order valence-corrected chi connectivity index (χ2v) is 24.4. The van der Waals surface area contributed by atoms with Gasteiger partial charge in [-0.05, 0) is 218 Å². The molecule has 5 heteroatoms. The Balaban J connectivity index is 1.20. The fourth-order valence-corrected chi connectivity index (χ4v) is 13.1. The summed E-state index contributed by atoms with van der Waals surface area (Å²) in [5.41, 5.74) is 19.1. The van der Waals surface area contributed by atoms with E-state index in [-0.39, 0.29) is 22.5 Å². The lowest BCUT2D eigenvalue weighted by atomic mass is 9.66. The van der Waals surface area contributed by atoms with Crippen molar-refractivity contribution in [1.29, 1.82) is 0 Å². The van der Waals surface area contributed by atoms with E-state index in [1.54, 1.807) is 24.3 Å². The highest BCUT2D eigenvalue weighted by atomic mass is 19.1. The summed E-state index contributed by atoms with van der Waals surface area (Å²) in [5, 5.41) is 6.15. The van der Waals surface area contributed by atoms with Gasteiger partial charge >= 0.3 is 0 Å². The van der Waals surface area contributed by atoms with Crippen LogP contribution in [0.25, 0.3) is 54.6 Å². The Morgan fingerprint density at radius 2 is 0.850 bits per heavy atom. The van der Waals surface area contributed by atoms with Crippen molar-refractivity contribution >= 4 is 77.6 Å². The lowest BCUT2D eigenvalue weighted by molar-refractivity contribution is 0.590. The van der Waals surface area contributed by atoms with E-state index in [4.69, 9.17) is 4.42 Å². The van der Waals surface area contributed by atoms with Gasteiger partial charge in [0.05, 0.1) is 16.5 Å². The molecule has 12 aromatic rings. The summed E-state index contributed by atoms with van der Waals surface area (Å²) in [6, 6.07) is 71.7. The average molecular weight is 1050 g/mol. The van der Waals surface area contributed by atoms with Crippen LogP contribution in [-0.4, -0.2) is 0 Å². The van der Waals surface area contributed by atoms with E-state index < -0.39 is 5.41 Å². The van der Waals surface area contributed by atoms with Gasteiger partial charge in [-0.15, -0.1) is 0 Å². The van der Waals surface area contributed by atoms with Gasteiger partial charge in [-0.3, -0.25) is 0 Å². The van der Waals surface area contributed by atoms with Gasteiger partial charge in [-0.25, -0.2) is 8.78 Å². The number of furan rings is 1. The van der Waals surface area contributed by atoms with Crippen molar-refractivity contribution in [1.82, 2.24) is 0 Å². The molecule has 1 heterocycles. The quantitative estimate of drug-likeness (QED) is 0.141. The number of aryl methyl sites for hydroxylation is 4. The summed E-state index contributed by atoms with van der Waals surface area (Å²) in [5.74, 6) is -0.686. The summed E-state index contributed by atoms with van der Waals surface area (Å²) in [6.45, 7) is 22.1. The van der Waals surface area contributed by atoms with Crippen LogP contribution in [0.15, 0.2) is 211 Å².